The predicted molar refractivity (Wildman–Crippen MR) is 104 cm³/mol. The van der Waals surface area contributed by atoms with Crippen molar-refractivity contribution in [2.24, 2.45) is 10.7 Å². The number of methoxy groups -OCH3 is 1. The standard InChI is InChI=1S/C18H17ClN4O3S/c1-4-26-12-6-5-10(7-11(12)19)15-14(17(24)25-3)9(2)22-18-23(15)16(21)13(8-20)27-18/h5-7,15H,4,21H2,1-3H3/t15-/m1/s1. The summed E-state index contributed by atoms with van der Waals surface area (Å²) in [4.78, 5) is 18.9. The van der Waals surface area contributed by atoms with Crippen LogP contribution in [0.15, 0.2) is 45.2 Å². The van der Waals surface area contributed by atoms with E-state index in [1.807, 2.05) is 13.0 Å². The third-order valence-electron chi connectivity index (χ3n) is 4.15. The Labute approximate surface area is 166 Å². The number of nitrogens with two attached hydrogens (primary N) is 1. The molecule has 0 saturated heterocycles. The minimum atomic E-state index is -0.614. The van der Waals surface area contributed by atoms with Crippen LogP contribution in [0.1, 0.15) is 25.5 Å². The molecule has 3 rings (SSSR count). The van der Waals surface area contributed by atoms with Gasteiger partial charge >= 0.3 is 5.97 Å². The molecule has 0 radical (unpaired) electrons. The van der Waals surface area contributed by atoms with Gasteiger partial charge in [0.2, 0.25) is 0 Å². The lowest BCUT2D eigenvalue weighted by atomic mass is 9.94. The van der Waals surface area contributed by atoms with Gasteiger partial charge in [-0.1, -0.05) is 17.7 Å². The average Bonchev–Trinajstić information content (AvgIpc) is 2.97. The van der Waals surface area contributed by atoms with Crippen molar-refractivity contribution in [1.29, 1.82) is 5.26 Å². The van der Waals surface area contributed by atoms with Gasteiger partial charge in [-0.05, 0) is 43.3 Å². The van der Waals surface area contributed by atoms with Crippen LogP contribution in [0, 0.1) is 11.3 Å². The van der Waals surface area contributed by atoms with Crippen molar-refractivity contribution in [2.45, 2.75) is 19.9 Å². The number of carbonyl (C=O) groups is 1. The van der Waals surface area contributed by atoms with Crippen molar-refractivity contribution < 1.29 is 14.3 Å². The van der Waals surface area contributed by atoms with E-state index in [1.54, 1.807) is 24.0 Å². The lowest BCUT2D eigenvalue weighted by Gasteiger charge is -2.34. The predicted octanol–water partition coefficient (Wildman–Crippen LogP) is 3.30. The number of halogens is 1. The number of carbonyl (C=O) groups excluding carboxylic acids is 1. The van der Waals surface area contributed by atoms with E-state index < -0.39 is 12.0 Å². The molecule has 0 spiro atoms. The number of nitrogens with zero attached hydrogens (tertiary/aromatic N) is 3. The Kier molecular flexibility index (Phi) is 5.35. The molecule has 0 aliphatic carbocycles. The number of hydrogen-bond acceptors (Lipinski definition) is 8. The molecule has 1 atom stereocenters. The summed E-state index contributed by atoms with van der Waals surface area (Å²) in [7, 11) is 1.31. The number of benzene rings is 1. The van der Waals surface area contributed by atoms with Gasteiger partial charge in [-0.25, -0.2) is 9.79 Å². The summed E-state index contributed by atoms with van der Waals surface area (Å²) in [6.45, 7) is 4.07. The van der Waals surface area contributed by atoms with E-state index >= 15 is 0 Å². The van der Waals surface area contributed by atoms with Crippen LogP contribution in [0.4, 0.5) is 0 Å². The molecule has 0 saturated carbocycles. The van der Waals surface area contributed by atoms with E-state index in [0.29, 0.717) is 44.3 Å². The number of amidine groups is 1. The van der Waals surface area contributed by atoms with Gasteiger partial charge in [0.1, 0.15) is 22.5 Å². The number of thioether (sulfide) groups is 1. The second-order valence-electron chi connectivity index (χ2n) is 5.71. The van der Waals surface area contributed by atoms with Gasteiger partial charge in [0, 0.05) is 0 Å². The fourth-order valence-corrected chi connectivity index (χ4v) is 4.15. The summed E-state index contributed by atoms with van der Waals surface area (Å²) >= 11 is 7.52. The first-order chi connectivity index (χ1) is 12.9. The van der Waals surface area contributed by atoms with Crippen LogP contribution < -0.4 is 10.5 Å². The molecule has 2 aliphatic heterocycles. The molecule has 0 bridgehead atoms. The lowest BCUT2D eigenvalue weighted by molar-refractivity contribution is -0.136. The van der Waals surface area contributed by atoms with Crippen LogP contribution in [-0.2, 0) is 9.53 Å². The second kappa shape index (κ2) is 7.55. The van der Waals surface area contributed by atoms with Gasteiger partial charge in [-0.15, -0.1) is 0 Å². The van der Waals surface area contributed by atoms with Crippen LogP contribution in [0.5, 0.6) is 5.75 Å². The van der Waals surface area contributed by atoms with Crippen molar-refractivity contribution in [3.8, 4) is 11.8 Å². The monoisotopic (exact) mass is 404 g/mol. The van der Waals surface area contributed by atoms with Gasteiger partial charge in [0.05, 0.1) is 36.1 Å². The maximum Gasteiger partial charge on any atom is 0.338 e. The summed E-state index contributed by atoms with van der Waals surface area (Å²) in [5.41, 5.74) is 7.73. The molecule has 0 aromatic heterocycles. The highest BCUT2D eigenvalue weighted by Gasteiger charge is 2.42. The molecular formula is C18H17ClN4O3S. The van der Waals surface area contributed by atoms with Gasteiger partial charge in [0.25, 0.3) is 0 Å². The van der Waals surface area contributed by atoms with E-state index in [0.717, 1.165) is 0 Å². The van der Waals surface area contributed by atoms with Crippen LogP contribution in [-0.4, -0.2) is 29.8 Å². The molecule has 0 unspecified atom stereocenters. The van der Waals surface area contributed by atoms with E-state index in [4.69, 9.17) is 26.8 Å². The minimum absolute atomic E-state index is 0.241. The summed E-state index contributed by atoms with van der Waals surface area (Å²) < 4.78 is 10.4. The summed E-state index contributed by atoms with van der Waals surface area (Å²) in [6.07, 6.45) is 0. The normalized spacial score (nSPS) is 18.9. The van der Waals surface area contributed by atoms with Crippen LogP contribution in [0.3, 0.4) is 0 Å². The average molecular weight is 405 g/mol. The highest BCUT2D eigenvalue weighted by molar-refractivity contribution is 8.17. The molecule has 2 N–H and O–H groups in total. The lowest BCUT2D eigenvalue weighted by Crippen LogP contribution is -2.38. The van der Waals surface area contributed by atoms with Crippen molar-refractivity contribution in [2.75, 3.05) is 13.7 Å². The van der Waals surface area contributed by atoms with E-state index in [9.17, 15) is 10.1 Å². The molecule has 27 heavy (non-hydrogen) atoms. The second-order valence-corrected chi connectivity index (χ2v) is 7.09. The zero-order valence-electron chi connectivity index (χ0n) is 14.9. The summed E-state index contributed by atoms with van der Waals surface area (Å²) in [5, 5.41) is 10.3. The first kappa shape index (κ1) is 19.1. The van der Waals surface area contributed by atoms with Crippen LogP contribution >= 0.6 is 23.4 Å². The van der Waals surface area contributed by atoms with Crippen LogP contribution in [0.25, 0.3) is 0 Å². The Bertz CT molecular complexity index is 948. The molecule has 1 aromatic carbocycles. The maximum absolute atomic E-state index is 12.5. The van der Waals surface area contributed by atoms with Gasteiger partial charge in [0.15, 0.2) is 5.17 Å². The smallest absolute Gasteiger partial charge is 0.338 e. The zero-order valence-corrected chi connectivity index (χ0v) is 16.5. The van der Waals surface area contributed by atoms with Crippen molar-refractivity contribution in [3.63, 3.8) is 0 Å². The summed E-state index contributed by atoms with van der Waals surface area (Å²) in [5.74, 6) is 0.267. The number of ether oxygens (including phenoxy) is 2. The molecule has 2 heterocycles. The minimum Gasteiger partial charge on any atom is -0.492 e. The number of rotatable bonds is 4. The highest BCUT2D eigenvalue weighted by atomic mass is 35.5. The Hall–Kier alpha value is -2.63. The third-order valence-corrected chi connectivity index (χ3v) is 5.43. The molecule has 1 aromatic rings. The topological polar surface area (TPSA) is 101 Å². The Balaban J connectivity index is 2.17. The van der Waals surface area contributed by atoms with E-state index in [-0.39, 0.29) is 5.82 Å². The van der Waals surface area contributed by atoms with Gasteiger partial charge in [-0.3, -0.25) is 4.90 Å². The fourth-order valence-electron chi connectivity index (χ4n) is 2.99. The molecule has 2 aliphatic rings. The third kappa shape index (κ3) is 3.24. The maximum atomic E-state index is 12.5. The zero-order chi connectivity index (χ0) is 19.7. The number of esters is 1. The van der Waals surface area contributed by atoms with E-state index in [1.165, 1.54) is 18.9 Å². The quantitative estimate of drug-likeness (QED) is 0.768. The number of allylic oxidation sites excluding steroid dienone is 2. The van der Waals surface area contributed by atoms with Gasteiger partial charge < -0.3 is 15.2 Å². The molecule has 9 heteroatoms. The van der Waals surface area contributed by atoms with E-state index in [2.05, 4.69) is 11.1 Å². The number of nitriles is 1. The fraction of sp³-hybridized carbons (Fsp3) is 0.278. The van der Waals surface area contributed by atoms with Crippen molar-refractivity contribution in [3.05, 3.63) is 50.8 Å². The molecule has 0 fully saturated rings. The van der Waals surface area contributed by atoms with Gasteiger partial charge in [-0.2, -0.15) is 5.26 Å². The van der Waals surface area contributed by atoms with Crippen LogP contribution in [0.2, 0.25) is 5.02 Å². The first-order valence-electron chi connectivity index (χ1n) is 8.09. The summed E-state index contributed by atoms with van der Waals surface area (Å²) in [6, 6.07) is 6.72. The Morgan fingerprint density at radius 1 is 1.52 bits per heavy atom. The molecule has 0 amide bonds. The Morgan fingerprint density at radius 2 is 2.26 bits per heavy atom. The Morgan fingerprint density at radius 3 is 2.85 bits per heavy atom. The number of fused-ring (bicyclic) bond motifs is 1. The van der Waals surface area contributed by atoms with Crippen molar-refractivity contribution in [1.82, 2.24) is 4.90 Å². The molecule has 7 nitrogen and oxygen atoms in total. The van der Waals surface area contributed by atoms with Crippen molar-refractivity contribution >= 4 is 34.5 Å². The largest absolute Gasteiger partial charge is 0.492 e. The molecular weight excluding hydrogens is 388 g/mol. The number of hydrogen-bond donors (Lipinski definition) is 1. The number of aliphatic imine (C=N–C) groups is 1. The molecule has 140 valence electrons. The SMILES string of the molecule is CCOc1ccc([C@@H]2C(C(=O)OC)=C(C)N=C3SC(C#N)=C(N)N32)cc1Cl. The first-order valence-corrected chi connectivity index (χ1v) is 9.29. The highest BCUT2D eigenvalue weighted by Crippen LogP contribution is 2.46.